The van der Waals surface area contributed by atoms with Gasteiger partial charge in [-0.1, -0.05) is 0 Å². The smallest absolute Gasteiger partial charge is 0.178 e. The summed E-state index contributed by atoms with van der Waals surface area (Å²) in [6, 6.07) is 6.86. The van der Waals surface area contributed by atoms with Gasteiger partial charge in [-0.2, -0.15) is 15.9 Å². The van der Waals surface area contributed by atoms with Gasteiger partial charge in [-0.25, -0.2) is 0 Å². The number of hydrogen-bond acceptors (Lipinski definition) is 6. The Labute approximate surface area is 145 Å². The molecule has 3 aromatic rings. The molecule has 1 atom stereocenters. The van der Waals surface area contributed by atoms with Crippen molar-refractivity contribution < 1.29 is 0 Å². The van der Waals surface area contributed by atoms with E-state index in [2.05, 4.69) is 48.8 Å². The van der Waals surface area contributed by atoms with Gasteiger partial charge in [-0.3, -0.25) is 4.90 Å². The molecule has 0 amide bonds. The predicted octanol–water partition coefficient (Wildman–Crippen LogP) is 2.25. The molecular formula is C17H22N6S. The molecule has 4 heterocycles. The fraction of sp³-hybridized carbons (Fsp3) is 0.471. The number of rotatable bonds is 4. The zero-order valence-corrected chi connectivity index (χ0v) is 14.9. The Kier molecular flexibility index (Phi) is 4.20. The van der Waals surface area contributed by atoms with Crippen molar-refractivity contribution in [3.8, 4) is 0 Å². The van der Waals surface area contributed by atoms with Gasteiger partial charge in [-0.05, 0) is 54.8 Å². The highest BCUT2D eigenvalue weighted by Gasteiger charge is 2.22. The lowest BCUT2D eigenvalue weighted by Gasteiger charge is -2.38. The second-order valence-electron chi connectivity index (χ2n) is 6.42. The van der Waals surface area contributed by atoms with E-state index in [-0.39, 0.29) is 0 Å². The average Bonchev–Trinajstić information content (AvgIpc) is 3.25. The summed E-state index contributed by atoms with van der Waals surface area (Å²) in [4.78, 5) is 4.93. The Morgan fingerprint density at radius 2 is 1.96 bits per heavy atom. The van der Waals surface area contributed by atoms with E-state index in [1.807, 2.05) is 23.6 Å². The van der Waals surface area contributed by atoms with E-state index in [0.717, 1.165) is 49.9 Å². The predicted molar refractivity (Wildman–Crippen MR) is 96.8 cm³/mol. The van der Waals surface area contributed by atoms with Gasteiger partial charge in [0, 0.05) is 32.2 Å². The van der Waals surface area contributed by atoms with Crippen LogP contribution in [0.15, 0.2) is 29.0 Å². The molecule has 4 rings (SSSR count). The van der Waals surface area contributed by atoms with Crippen molar-refractivity contribution >= 4 is 22.8 Å². The van der Waals surface area contributed by atoms with Crippen molar-refractivity contribution in [1.29, 1.82) is 0 Å². The molecule has 1 fully saturated rings. The molecule has 1 unspecified atom stereocenters. The molecule has 0 N–H and O–H groups in total. The third-order valence-corrected chi connectivity index (χ3v) is 5.51. The lowest BCUT2D eigenvalue weighted by molar-refractivity contribution is 0.195. The van der Waals surface area contributed by atoms with Crippen molar-refractivity contribution in [2.24, 2.45) is 0 Å². The highest BCUT2D eigenvalue weighted by Crippen LogP contribution is 2.18. The van der Waals surface area contributed by atoms with Gasteiger partial charge in [0.1, 0.15) is 5.82 Å². The summed E-state index contributed by atoms with van der Waals surface area (Å²) in [5, 5.41) is 17.3. The molecule has 6 nitrogen and oxygen atoms in total. The molecule has 7 heteroatoms. The molecule has 126 valence electrons. The average molecular weight is 342 g/mol. The Bertz CT molecular complexity index is 804. The Morgan fingerprint density at radius 3 is 2.71 bits per heavy atom. The Morgan fingerprint density at radius 1 is 1.12 bits per heavy atom. The maximum absolute atomic E-state index is 4.69. The van der Waals surface area contributed by atoms with Gasteiger partial charge in [0.25, 0.3) is 0 Å². The van der Waals surface area contributed by atoms with E-state index < -0.39 is 0 Å². The third kappa shape index (κ3) is 3.01. The highest BCUT2D eigenvalue weighted by atomic mass is 32.1. The molecule has 0 aromatic carbocycles. The second kappa shape index (κ2) is 6.49. The number of thiophene rings is 1. The summed E-state index contributed by atoms with van der Waals surface area (Å²) in [6.07, 6.45) is 1.13. The van der Waals surface area contributed by atoms with Crippen molar-refractivity contribution in [2.75, 3.05) is 31.1 Å². The number of piperazine rings is 1. The molecule has 0 aliphatic carbocycles. The largest absolute Gasteiger partial charge is 0.353 e. The molecule has 0 saturated carbocycles. The van der Waals surface area contributed by atoms with Gasteiger partial charge in [0.05, 0.1) is 0 Å². The topological polar surface area (TPSA) is 49.6 Å². The van der Waals surface area contributed by atoms with E-state index >= 15 is 0 Å². The summed E-state index contributed by atoms with van der Waals surface area (Å²) in [7, 11) is 0. The van der Waals surface area contributed by atoms with Crippen LogP contribution in [0.5, 0.6) is 0 Å². The molecule has 0 spiro atoms. The van der Waals surface area contributed by atoms with Crippen LogP contribution in [0.1, 0.15) is 18.3 Å². The van der Waals surface area contributed by atoms with Crippen molar-refractivity contribution in [2.45, 2.75) is 26.3 Å². The first-order valence-corrected chi connectivity index (χ1v) is 9.34. The fourth-order valence-electron chi connectivity index (χ4n) is 3.33. The number of fused-ring (bicyclic) bond motifs is 1. The van der Waals surface area contributed by atoms with Gasteiger partial charge < -0.3 is 4.90 Å². The van der Waals surface area contributed by atoms with Gasteiger partial charge >= 0.3 is 0 Å². The quantitative estimate of drug-likeness (QED) is 0.728. The first-order valence-electron chi connectivity index (χ1n) is 8.40. The molecule has 24 heavy (non-hydrogen) atoms. The SMILES string of the molecule is Cc1nnc2ccc(N3CCN(C(C)Cc4ccsc4)CC3)nn12. The molecule has 1 saturated heterocycles. The fourth-order valence-corrected chi connectivity index (χ4v) is 4.01. The lowest BCUT2D eigenvalue weighted by atomic mass is 10.1. The van der Waals surface area contributed by atoms with E-state index in [4.69, 9.17) is 0 Å². The zero-order chi connectivity index (χ0) is 16.5. The standard InChI is InChI=1S/C17H22N6S/c1-13(11-15-5-10-24-12-15)21-6-8-22(9-7-21)17-4-3-16-19-18-14(2)23(16)20-17/h3-5,10,12-13H,6-9,11H2,1-2H3. The van der Waals surface area contributed by atoms with Crippen molar-refractivity contribution in [3.63, 3.8) is 0 Å². The van der Waals surface area contributed by atoms with Crippen LogP contribution in [0.25, 0.3) is 5.65 Å². The van der Waals surface area contributed by atoms with Gasteiger partial charge in [-0.15, -0.1) is 15.3 Å². The number of anilines is 1. The number of nitrogens with zero attached hydrogens (tertiary/aromatic N) is 6. The van der Waals surface area contributed by atoms with E-state index in [1.54, 1.807) is 11.3 Å². The van der Waals surface area contributed by atoms with Crippen LogP contribution in [0.3, 0.4) is 0 Å². The minimum atomic E-state index is 0.581. The van der Waals surface area contributed by atoms with Crippen LogP contribution in [0.4, 0.5) is 5.82 Å². The van der Waals surface area contributed by atoms with E-state index in [0.29, 0.717) is 6.04 Å². The second-order valence-corrected chi connectivity index (χ2v) is 7.20. The summed E-state index contributed by atoms with van der Waals surface area (Å²) in [5.41, 5.74) is 2.25. The van der Waals surface area contributed by atoms with Crippen LogP contribution in [-0.2, 0) is 6.42 Å². The molecular weight excluding hydrogens is 320 g/mol. The Hall–Kier alpha value is -1.99. The van der Waals surface area contributed by atoms with Gasteiger partial charge in [0.15, 0.2) is 11.5 Å². The lowest BCUT2D eigenvalue weighted by Crippen LogP contribution is -2.50. The summed E-state index contributed by atoms with van der Waals surface area (Å²) in [6.45, 7) is 8.43. The normalized spacial score (nSPS) is 17.5. The summed E-state index contributed by atoms with van der Waals surface area (Å²) in [5.74, 6) is 1.84. The van der Waals surface area contributed by atoms with Crippen molar-refractivity contribution in [3.05, 3.63) is 40.3 Å². The third-order valence-electron chi connectivity index (χ3n) is 4.78. The Balaban J connectivity index is 1.40. The van der Waals surface area contributed by atoms with Crippen LogP contribution in [-0.4, -0.2) is 56.9 Å². The monoisotopic (exact) mass is 342 g/mol. The minimum Gasteiger partial charge on any atom is -0.353 e. The van der Waals surface area contributed by atoms with Crippen LogP contribution >= 0.6 is 11.3 Å². The first-order chi connectivity index (χ1) is 11.7. The number of aromatic nitrogens is 4. The first kappa shape index (κ1) is 15.5. The van der Waals surface area contributed by atoms with Crippen LogP contribution in [0.2, 0.25) is 0 Å². The summed E-state index contributed by atoms with van der Waals surface area (Å²) < 4.78 is 1.82. The summed E-state index contributed by atoms with van der Waals surface area (Å²) >= 11 is 1.78. The number of hydrogen-bond donors (Lipinski definition) is 0. The van der Waals surface area contributed by atoms with Gasteiger partial charge in [0.2, 0.25) is 0 Å². The minimum absolute atomic E-state index is 0.581. The molecule has 3 aromatic heterocycles. The van der Waals surface area contributed by atoms with E-state index in [1.165, 1.54) is 5.56 Å². The highest BCUT2D eigenvalue weighted by molar-refractivity contribution is 7.07. The van der Waals surface area contributed by atoms with Crippen LogP contribution in [0, 0.1) is 6.92 Å². The molecule has 0 bridgehead atoms. The molecule has 0 radical (unpaired) electrons. The van der Waals surface area contributed by atoms with E-state index in [9.17, 15) is 0 Å². The van der Waals surface area contributed by atoms with Crippen molar-refractivity contribution in [1.82, 2.24) is 24.7 Å². The van der Waals surface area contributed by atoms with Crippen LogP contribution < -0.4 is 4.90 Å². The zero-order valence-electron chi connectivity index (χ0n) is 14.1. The number of aryl methyl sites for hydroxylation is 1. The molecule has 1 aliphatic rings. The molecule has 1 aliphatic heterocycles. The maximum Gasteiger partial charge on any atom is 0.178 e. The maximum atomic E-state index is 4.69.